The lowest BCUT2D eigenvalue weighted by atomic mass is 10.1. The van der Waals surface area contributed by atoms with Crippen LogP contribution in [0.25, 0.3) is 0 Å². The summed E-state index contributed by atoms with van der Waals surface area (Å²) in [4.78, 5) is 5.26. The van der Waals surface area contributed by atoms with Crippen LogP contribution in [0.3, 0.4) is 0 Å². The molecule has 2 aliphatic rings. The summed E-state index contributed by atoms with van der Waals surface area (Å²) in [5, 5.41) is 3.62. The van der Waals surface area contributed by atoms with E-state index in [2.05, 4.69) is 35.9 Å². The fraction of sp³-hybridized carbons (Fsp3) is 1.00. The third kappa shape index (κ3) is 3.94. The van der Waals surface area contributed by atoms with E-state index in [9.17, 15) is 0 Å². The molecule has 0 bridgehead atoms. The van der Waals surface area contributed by atoms with E-state index in [1.165, 1.54) is 52.0 Å². The second kappa shape index (κ2) is 6.17. The summed E-state index contributed by atoms with van der Waals surface area (Å²) >= 11 is 0. The summed E-state index contributed by atoms with van der Waals surface area (Å²) in [7, 11) is 0. The second-order valence-corrected chi connectivity index (χ2v) is 5.84. The molecule has 2 atom stereocenters. The Morgan fingerprint density at radius 3 is 2.65 bits per heavy atom. The van der Waals surface area contributed by atoms with Crippen molar-refractivity contribution in [2.75, 3.05) is 32.7 Å². The zero-order chi connectivity index (χ0) is 12.3. The van der Waals surface area contributed by atoms with Crippen molar-refractivity contribution in [2.45, 2.75) is 58.2 Å². The molecule has 3 heteroatoms. The molecule has 1 N–H and O–H groups in total. The van der Waals surface area contributed by atoms with Crippen LogP contribution in [-0.4, -0.2) is 60.6 Å². The van der Waals surface area contributed by atoms with Crippen LogP contribution in [0.4, 0.5) is 0 Å². The van der Waals surface area contributed by atoms with Gasteiger partial charge in [0.05, 0.1) is 0 Å². The lowest BCUT2D eigenvalue weighted by Crippen LogP contribution is -2.54. The van der Waals surface area contributed by atoms with Gasteiger partial charge in [-0.1, -0.05) is 6.92 Å². The van der Waals surface area contributed by atoms with Gasteiger partial charge in [0.2, 0.25) is 0 Å². The highest BCUT2D eigenvalue weighted by molar-refractivity contribution is 4.84. The van der Waals surface area contributed by atoms with Gasteiger partial charge in [-0.3, -0.25) is 9.80 Å². The topological polar surface area (TPSA) is 18.5 Å². The molecule has 0 radical (unpaired) electrons. The highest BCUT2D eigenvalue weighted by atomic mass is 15.3. The van der Waals surface area contributed by atoms with Crippen LogP contribution in [-0.2, 0) is 0 Å². The molecular formula is C14H29N3. The number of nitrogens with one attached hydrogen (secondary N) is 1. The second-order valence-electron chi connectivity index (χ2n) is 5.84. The molecule has 0 aromatic heterocycles. The Labute approximate surface area is 107 Å². The minimum atomic E-state index is 0.729. The number of rotatable bonds is 6. The van der Waals surface area contributed by atoms with Gasteiger partial charge in [0.1, 0.15) is 0 Å². The third-order valence-electron chi connectivity index (χ3n) is 4.40. The molecule has 1 saturated heterocycles. The Morgan fingerprint density at radius 1 is 1.29 bits per heavy atom. The molecule has 0 amide bonds. The molecule has 0 aromatic rings. The molecular weight excluding hydrogens is 210 g/mol. The van der Waals surface area contributed by atoms with Gasteiger partial charge in [-0.15, -0.1) is 0 Å². The quantitative estimate of drug-likeness (QED) is 0.758. The summed E-state index contributed by atoms with van der Waals surface area (Å²) < 4.78 is 0. The summed E-state index contributed by atoms with van der Waals surface area (Å²) in [6.45, 7) is 13.2. The molecule has 1 aliphatic carbocycles. The predicted molar refractivity (Wildman–Crippen MR) is 73.4 cm³/mol. The molecule has 1 heterocycles. The summed E-state index contributed by atoms with van der Waals surface area (Å²) in [6, 6.07) is 2.33. The molecule has 1 aliphatic heterocycles. The predicted octanol–water partition coefficient (Wildman–Crippen LogP) is 1.54. The molecule has 0 spiro atoms. The van der Waals surface area contributed by atoms with Crippen LogP contribution >= 0.6 is 0 Å². The van der Waals surface area contributed by atoms with Crippen molar-refractivity contribution in [3.8, 4) is 0 Å². The van der Waals surface area contributed by atoms with Crippen LogP contribution in [0.15, 0.2) is 0 Å². The van der Waals surface area contributed by atoms with Crippen molar-refractivity contribution in [1.29, 1.82) is 0 Å². The fourth-order valence-corrected chi connectivity index (χ4v) is 2.86. The number of likely N-dealkylation sites (N-methyl/N-ethyl adjacent to an activating group) is 1. The Bertz CT molecular complexity index is 228. The molecule has 2 unspecified atom stereocenters. The number of hydrogen-bond acceptors (Lipinski definition) is 3. The molecule has 2 fully saturated rings. The van der Waals surface area contributed by atoms with E-state index in [1.54, 1.807) is 0 Å². The van der Waals surface area contributed by atoms with Gasteiger partial charge in [-0.25, -0.2) is 0 Å². The van der Waals surface area contributed by atoms with Crippen LogP contribution in [0.2, 0.25) is 0 Å². The molecule has 3 nitrogen and oxygen atoms in total. The van der Waals surface area contributed by atoms with Crippen LogP contribution in [0, 0.1) is 0 Å². The van der Waals surface area contributed by atoms with E-state index in [-0.39, 0.29) is 0 Å². The van der Waals surface area contributed by atoms with E-state index in [0.717, 1.165) is 18.1 Å². The maximum Gasteiger partial charge on any atom is 0.0195 e. The maximum atomic E-state index is 3.62. The van der Waals surface area contributed by atoms with Crippen molar-refractivity contribution >= 4 is 0 Å². The average molecular weight is 239 g/mol. The molecule has 2 rings (SSSR count). The SMILES string of the molecule is CCN1CCN(C(C)CCNC2CC2)CC1C. The lowest BCUT2D eigenvalue weighted by molar-refractivity contribution is 0.0613. The standard InChI is InChI=1S/C14H29N3/c1-4-16-9-10-17(11-13(16)3)12(2)7-8-15-14-5-6-14/h12-15H,4-11H2,1-3H3. The van der Waals surface area contributed by atoms with E-state index >= 15 is 0 Å². The van der Waals surface area contributed by atoms with E-state index < -0.39 is 0 Å². The van der Waals surface area contributed by atoms with Gasteiger partial charge in [0.15, 0.2) is 0 Å². The highest BCUT2D eigenvalue weighted by Gasteiger charge is 2.26. The van der Waals surface area contributed by atoms with Crippen LogP contribution in [0.1, 0.15) is 40.0 Å². The Kier molecular flexibility index (Phi) is 4.83. The third-order valence-corrected chi connectivity index (χ3v) is 4.40. The van der Waals surface area contributed by atoms with Crippen molar-refractivity contribution in [2.24, 2.45) is 0 Å². The number of piperazine rings is 1. The van der Waals surface area contributed by atoms with Crippen molar-refractivity contribution in [3.05, 3.63) is 0 Å². The van der Waals surface area contributed by atoms with E-state index in [1.807, 2.05) is 0 Å². The van der Waals surface area contributed by atoms with Gasteiger partial charge in [-0.2, -0.15) is 0 Å². The summed E-state index contributed by atoms with van der Waals surface area (Å²) in [6.07, 6.45) is 4.11. The first kappa shape index (κ1) is 13.3. The van der Waals surface area contributed by atoms with Crippen LogP contribution in [0.5, 0.6) is 0 Å². The minimum absolute atomic E-state index is 0.729. The zero-order valence-corrected chi connectivity index (χ0v) is 11.8. The van der Waals surface area contributed by atoms with Gasteiger partial charge >= 0.3 is 0 Å². The molecule has 0 aromatic carbocycles. The van der Waals surface area contributed by atoms with Gasteiger partial charge in [-0.05, 0) is 46.2 Å². The Morgan fingerprint density at radius 2 is 2.06 bits per heavy atom. The zero-order valence-electron chi connectivity index (χ0n) is 11.8. The fourth-order valence-electron chi connectivity index (χ4n) is 2.86. The van der Waals surface area contributed by atoms with Crippen molar-refractivity contribution in [3.63, 3.8) is 0 Å². The normalized spacial score (nSPS) is 29.5. The number of nitrogens with zero attached hydrogens (tertiary/aromatic N) is 2. The van der Waals surface area contributed by atoms with Crippen LogP contribution < -0.4 is 5.32 Å². The lowest BCUT2D eigenvalue weighted by Gasteiger charge is -2.42. The summed E-state index contributed by atoms with van der Waals surface area (Å²) in [5.41, 5.74) is 0. The molecule has 100 valence electrons. The molecule has 1 saturated carbocycles. The highest BCUT2D eigenvalue weighted by Crippen LogP contribution is 2.19. The van der Waals surface area contributed by atoms with Crippen molar-refractivity contribution < 1.29 is 0 Å². The Balaban J connectivity index is 1.66. The number of hydrogen-bond donors (Lipinski definition) is 1. The largest absolute Gasteiger partial charge is 0.314 e. The summed E-state index contributed by atoms with van der Waals surface area (Å²) in [5.74, 6) is 0. The maximum absolute atomic E-state index is 3.62. The first-order chi connectivity index (χ1) is 8.20. The van der Waals surface area contributed by atoms with Crippen molar-refractivity contribution in [1.82, 2.24) is 15.1 Å². The smallest absolute Gasteiger partial charge is 0.0195 e. The first-order valence-electron chi connectivity index (χ1n) is 7.42. The Hall–Kier alpha value is -0.120. The average Bonchev–Trinajstić information content (AvgIpc) is 3.13. The monoisotopic (exact) mass is 239 g/mol. The molecule has 17 heavy (non-hydrogen) atoms. The first-order valence-corrected chi connectivity index (χ1v) is 7.42. The van der Waals surface area contributed by atoms with E-state index in [4.69, 9.17) is 0 Å². The minimum Gasteiger partial charge on any atom is -0.314 e. The van der Waals surface area contributed by atoms with Gasteiger partial charge < -0.3 is 5.32 Å². The van der Waals surface area contributed by atoms with Gasteiger partial charge in [0, 0.05) is 37.8 Å². The van der Waals surface area contributed by atoms with E-state index in [0.29, 0.717) is 0 Å². The van der Waals surface area contributed by atoms with Gasteiger partial charge in [0.25, 0.3) is 0 Å².